The second-order valence-corrected chi connectivity index (χ2v) is 5.01. The number of nitrogens with one attached hydrogen (secondary N) is 1. The topological polar surface area (TPSA) is 38.3 Å². The van der Waals surface area contributed by atoms with Crippen LogP contribution in [0.15, 0.2) is 46.9 Å². The molecule has 2 aromatic rings. The smallest absolute Gasteiger partial charge is 0.252 e. The summed E-state index contributed by atoms with van der Waals surface area (Å²) in [7, 11) is 1.58. The third kappa shape index (κ3) is 3.57. The highest BCUT2D eigenvalue weighted by molar-refractivity contribution is 9.10. The third-order valence-electron chi connectivity index (χ3n) is 2.76. The van der Waals surface area contributed by atoms with Crippen LogP contribution in [-0.4, -0.2) is 13.0 Å². The van der Waals surface area contributed by atoms with Crippen molar-refractivity contribution in [2.24, 2.45) is 0 Å². The maximum absolute atomic E-state index is 13.2. The van der Waals surface area contributed by atoms with Gasteiger partial charge in [0.05, 0.1) is 12.7 Å². The molecular formula is C15H13BrFNO2. The molecule has 0 aliphatic carbocycles. The van der Waals surface area contributed by atoms with Gasteiger partial charge < -0.3 is 10.1 Å². The zero-order valence-electron chi connectivity index (χ0n) is 10.8. The van der Waals surface area contributed by atoms with Crippen LogP contribution < -0.4 is 10.1 Å². The van der Waals surface area contributed by atoms with Crippen LogP contribution in [-0.2, 0) is 6.54 Å². The highest BCUT2D eigenvalue weighted by Gasteiger charge is 2.10. The van der Waals surface area contributed by atoms with Gasteiger partial charge in [-0.25, -0.2) is 4.39 Å². The lowest BCUT2D eigenvalue weighted by molar-refractivity contribution is 0.0949. The van der Waals surface area contributed by atoms with Gasteiger partial charge in [0.1, 0.15) is 11.6 Å². The summed E-state index contributed by atoms with van der Waals surface area (Å²) in [6.07, 6.45) is 0. The van der Waals surface area contributed by atoms with Crippen molar-refractivity contribution < 1.29 is 13.9 Å². The van der Waals surface area contributed by atoms with Crippen molar-refractivity contribution in [3.8, 4) is 5.75 Å². The number of carbonyl (C=O) groups excluding carboxylic acids is 1. The van der Waals surface area contributed by atoms with Gasteiger partial charge >= 0.3 is 0 Å². The Morgan fingerprint density at radius 3 is 2.85 bits per heavy atom. The first-order valence-corrected chi connectivity index (χ1v) is 6.75. The minimum absolute atomic E-state index is 0.271. The lowest BCUT2D eigenvalue weighted by Gasteiger charge is -2.08. The average Bonchev–Trinajstić information content (AvgIpc) is 2.47. The molecule has 3 nitrogen and oxygen atoms in total. The van der Waals surface area contributed by atoms with Gasteiger partial charge in [-0.3, -0.25) is 4.79 Å². The van der Waals surface area contributed by atoms with Gasteiger partial charge in [0.15, 0.2) is 0 Å². The predicted molar refractivity (Wildman–Crippen MR) is 78.3 cm³/mol. The Kier molecular flexibility index (Phi) is 4.74. The van der Waals surface area contributed by atoms with Gasteiger partial charge in [-0.2, -0.15) is 0 Å². The number of carbonyl (C=O) groups is 1. The Hall–Kier alpha value is -1.88. The number of ether oxygens (including phenoxy) is 1. The zero-order valence-corrected chi connectivity index (χ0v) is 12.4. The molecule has 0 aromatic heterocycles. The number of benzene rings is 2. The van der Waals surface area contributed by atoms with E-state index in [0.29, 0.717) is 11.0 Å². The molecule has 0 unspecified atom stereocenters. The van der Waals surface area contributed by atoms with E-state index in [4.69, 9.17) is 4.74 Å². The monoisotopic (exact) mass is 337 g/mol. The fourth-order valence-electron chi connectivity index (χ4n) is 1.73. The number of rotatable bonds is 4. The number of methoxy groups -OCH3 is 1. The predicted octanol–water partition coefficient (Wildman–Crippen LogP) is 3.53. The van der Waals surface area contributed by atoms with E-state index < -0.39 is 5.82 Å². The van der Waals surface area contributed by atoms with Crippen LogP contribution in [0.1, 0.15) is 15.9 Å². The van der Waals surface area contributed by atoms with E-state index in [1.54, 1.807) is 7.11 Å². The van der Waals surface area contributed by atoms with Crippen LogP contribution >= 0.6 is 15.9 Å². The van der Waals surface area contributed by atoms with Gasteiger partial charge in [-0.15, -0.1) is 0 Å². The van der Waals surface area contributed by atoms with Gasteiger partial charge in [-0.1, -0.05) is 12.1 Å². The summed E-state index contributed by atoms with van der Waals surface area (Å²) in [6.45, 7) is 0.346. The van der Waals surface area contributed by atoms with E-state index in [2.05, 4.69) is 21.2 Å². The van der Waals surface area contributed by atoms with Gasteiger partial charge in [-0.05, 0) is 51.8 Å². The van der Waals surface area contributed by atoms with E-state index in [9.17, 15) is 9.18 Å². The number of hydrogen-bond donors (Lipinski definition) is 1. The van der Waals surface area contributed by atoms with Crippen molar-refractivity contribution in [1.82, 2.24) is 5.32 Å². The normalized spacial score (nSPS) is 10.2. The lowest BCUT2D eigenvalue weighted by atomic mass is 10.2. The molecule has 0 aliphatic rings. The number of halogens is 2. The molecule has 2 rings (SSSR count). The Bertz CT molecular complexity index is 631. The minimum atomic E-state index is -0.445. The van der Waals surface area contributed by atoms with Crippen LogP contribution in [0, 0.1) is 5.82 Å². The molecule has 0 aliphatic heterocycles. The lowest BCUT2D eigenvalue weighted by Crippen LogP contribution is -2.23. The van der Waals surface area contributed by atoms with Crippen LogP contribution in [0.4, 0.5) is 4.39 Å². The Labute approximate surface area is 124 Å². The second kappa shape index (κ2) is 6.52. The molecule has 1 amide bonds. The molecule has 0 heterocycles. The molecule has 0 spiro atoms. The summed E-state index contributed by atoms with van der Waals surface area (Å²) in [5.74, 6) is -0.0531. The highest BCUT2D eigenvalue weighted by Crippen LogP contribution is 2.18. The summed E-state index contributed by atoms with van der Waals surface area (Å²) in [4.78, 5) is 12.0. The first kappa shape index (κ1) is 14.5. The fourth-order valence-corrected chi connectivity index (χ4v) is 2.16. The largest absolute Gasteiger partial charge is 0.497 e. The maximum Gasteiger partial charge on any atom is 0.252 e. The molecule has 0 saturated carbocycles. The first-order valence-electron chi connectivity index (χ1n) is 5.96. The molecule has 2 aromatic carbocycles. The Morgan fingerprint density at radius 2 is 2.10 bits per heavy atom. The molecule has 0 fully saturated rings. The fraction of sp³-hybridized carbons (Fsp3) is 0.133. The van der Waals surface area contributed by atoms with E-state index in [0.717, 1.165) is 11.3 Å². The third-order valence-corrected chi connectivity index (χ3v) is 3.45. The van der Waals surface area contributed by atoms with Crippen molar-refractivity contribution in [3.05, 3.63) is 63.9 Å². The zero-order chi connectivity index (χ0) is 14.5. The molecule has 0 radical (unpaired) electrons. The van der Waals surface area contributed by atoms with E-state index in [1.807, 2.05) is 24.3 Å². The molecule has 0 saturated heterocycles. The highest BCUT2D eigenvalue weighted by atomic mass is 79.9. The second-order valence-electron chi connectivity index (χ2n) is 4.16. The molecule has 5 heteroatoms. The number of amides is 1. The molecule has 0 bridgehead atoms. The Morgan fingerprint density at radius 1 is 1.30 bits per heavy atom. The minimum Gasteiger partial charge on any atom is -0.497 e. The van der Waals surface area contributed by atoms with Crippen molar-refractivity contribution >= 4 is 21.8 Å². The van der Waals surface area contributed by atoms with Crippen LogP contribution in [0.2, 0.25) is 0 Å². The van der Waals surface area contributed by atoms with Crippen molar-refractivity contribution in [1.29, 1.82) is 0 Å². The van der Waals surface area contributed by atoms with Gasteiger partial charge in [0.25, 0.3) is 5.91 Å². The summed E-state index contributed by atoms with van der Waals surface area (Å²) < 4.78 is 18.8. The molecule has 104 valence electrons. The van der Waals surface area contributed by atoms with Crippen molar-refractivity contribution in [3.63, 3.8) is 0 Å². The van der Waals surface area contributed by atoms with Gasteiger partial charge in [0, 0.05) is 11.0 Å². The van der Waals surface area contributed by atoms with Gasteiger partial charge in [0.2, 0.25) is 0 Å². The van der Waals surface area contributed by atoms with Crippen LogP contribution in [0.5, 0.6) is 5.75 Å². The molecular weight excluding hydrogens is 325 g/mol. The number of hydrogen-bond acceptors (Lipinski definition) is 2. The standard InChI is InChI=1S/C15H13BrFNO2/c1-20-12-4-2-3-10(7-12)9-18-15(19)13-8-11(17)5-6-14(13)16/h2-8H,9H2,1H3,(H,18,19). The molecule has 20 heavy (non-hydrogen) atoms. The molecule has 0 atom stereocenters. The van der Waals surface area contributed by atoms with Crippen LogP contribution in [0.25, 0.3) is 0 Å². The summed E-state index contributed by atoms with van der Waals surface area (Å²) in [5, 5.41) is 2.74. The quantitative estimate of drug-likeness (QED) is 0.926. The summed E-state index contributed by atoms with van der Waals surface area (Å²) in [5.41, 5.74) is 1.18. The molecule has 1 N–H and O–H groups in total. The van der Waals surface area contributed by atoms with E-state index >= 15 is 0 Å². The SMILES string of the molecule is COc1cccc(CNC(=O)c2cc(F)ccc2Br)c1. The summed E-state index contributed by atoms with van der Waals surface area (Å²) >= 11 is 3.23. The Balaban J connectivity index is 2.06. The first-order chi connectivity index (χ1) is 9.60. The van der Waals surface area contributed by atoms with E-state index in [-0.39, 0.29) is 11.5 Å². The summed E-state index contributed by atoms with van der Waals surface area (Å²) in [6, 6.07) is 11.4. The van der Waals surface area contributed by atoms with E-state index in [1.165, 1.54) is 18.2 Å². The van der Waals surface area contributed by atoms with Crippen molar-refractivity contribution in [2.45, 2.75) is 6.54 Å². The maximum atomic E-state index is 13.2. The average molecular weight is 338 g/mol. The van der Waals surface area contributed by atoms with Crippen molar-refractivity contribution in [2.75, 3.05) is 7.11 Å². The van der Waals surface area contributed by atoms with Crippen LogP contribution in [0.3, 0.4) is 0 Å².